The second-order valence-corrected chi connectivity index (χ2v) is 12.4. The van der Waals surface area contributed by atoms with E-state index in [0.717, 1.165) is 16.3 Å². The lowest BCUT2D eigenvalue weighted by atomic mass is 9.91. The zero-order valence-corrected chi connectivity index (χ0v) is 29.9. The summed E-state index contributed by atoms with van der Waals surface area (Å²) in [5.74, 6) is -5.45. The second kappa shape index (κ2) is 25.4. The Bertz CT molecular complexity index is 1630. The first-order valence-electron chi connectivity index (χ1n) is 17.6. The molecule has 18 nitrogen and oxygen atoms in total. The zero-order chi connectivity index (χ0) is 39.7. The Labute approximate surface area is 311 Å². The fourth-order valence-corrected chi connectivity index (χ4v) is 5.32. The fourth-order valence-electron chi connectivity index (χ4n) is 5.32. The van der Waals surface area contributed by atoms with Crippen LogP contribution in [0.1, 0.15) is 63.4 Å². The molecule has 6 N–H and O–H groups in total. The summed E-state index contributed by atoms with van der Waals surface area (Å²) in [6, 6.07) is 9.63. The van der Waals surface area contributed by atoms with Crippen molar-refractivity contribution in [2.45, 2.75) is 76.3 Å². The Morgan fingerprint density at radius 3 is 2.07 bits per heavy atom. The number of nitrogens with zero attached hydrogens (tertiary/aromatic N) is 3. The van der Waals surface area contributed by atoms with Gasteiger partial charge in [-0.2, -0.15) is 0 Å². The number of ketones is 2. The van der Waals surface area contributed by atoms with E-state index in [1.54, 1.807) is 0 Å². The third-order valence-electron chi connectivity index (χ3n) is 8.17. The first-order chi connectivity index (χ1) is 25.9. The second-order valence-electron chi connectivity index (χ2n) is 12.4. The number of Topliss-reactive ketones (excluding diaryl/α,β-unsaturated/α-hetero) is 2. The molecule has 0 radical (unpaired) electrons. The molecule has 0 fully saturated rings. The van der Waals surface area contributed by atoms with Gasteiger partial charge in [-0.15, -0.1) is 0 Å². The van der Waals surface area contributed by atoms with Crippen molar-refractivity contribution in [3.05, 3.63) is 58.5 Å². The fraction of sp³-hybridized carbons (Fsp3) is 0.528. The van der Waals surface area contributed by atoms with Gasteiger partial charge in [0.25, 0.3) is 0 Å². The summed E-state index contributed by atoms with van der Waals surface area (Å²) in [6.07, 6.45) is 0.742. The Morgan fingerprint density at radius 2 is 1.41 bits per heavy atom. The lowest BCUT2D eigenvalue weighted by Gasteiger charge is -2.19. The van der Waals surface area contributed by atoms with Gasteiger partial charge in [0.2, 0.25) is 5.91 Å². The predicted molar refractivity (Wildman–Crippen MR) is 194 cm³/mol. The van der Waals surface area contributed by atoms with E-state index in [2.05, 4.69) is 26.0 Å². The standard InChI is InChI=1S/C36H48N6O12/c37-42-39-23-29(44)8-5-16-53-18-19-54-17-14-28(43)22-27(21-24-10-11-25-6-1-2-7-26(25)20-24)33(47)38-15-4-3-9-30(34(48)49)40-36(52)41-31(35(50)51)12-13-32(45)46/h1-2,6-7,10-11,20,27,30-31H,3-5,8-9,12-19,21-23H2,(H,38,47)(H,45,46)(H,48,49)(H,50,51)(H2,40,41,52)/t27-,30+,31+/m1/s1. The summed E-state index contributed by atoms with van der Waals surface area (Å²) in [4.78, 5) is 86.4. The number of carboxylic acid groups (broad SMARTS) is 3. The Kier molecular flexibility index (Phi) is 21.0. The predicted octanol–water partition coefficient (Wildman–Crippen LogP) is 3.40. The molecule has 0 spiro atoms. The van der Waals surface area contributed by atoms with Gasteiger partial charge in [-0.1, -0.05) is 47.6 Å². The van der Waals surface area contributed by atoms with E-state index in [0.29, 0.717) is 25.9 Å². The molecule has 18 heteroatoms. The van der Waals surface area contributed by atoms with Crippen molar-refractivity contribution in [3.63, 3.8) is 0 Å². The largest absolute Gasteiger partial charge is 0.481 e. The number of amides is 3. The number of rotatable bonds is 29. The highest BCUT2D eigenvalue weighted by atomic mass is 16.5. The van der Waals surface area contributed by atoms with Crippen LogP contribution in [0.5, 0.6) is 0 Å². The van der Waals surface area contributed by atoms with E-state index in [4.69, 9.17) is 20.1 Å². The number of hydrogen-bond donors (Lipinski definition) is 6. The summed E-state index contributed by atoms with van der Waals surface area (Å²) in [5.41, 5.74) is 9.11. The maximum Gasteiger partial charge on any atom is 0.326 e. The molecule has 0 saturated heterocycles. The van der Waals surface area contributed by atoms with Crippen molar-refractivity contribution in [2.75, 3.05) is 39.5 Å². The van der Waals surface area contributed by atoms with Crippen LogP contribution in [0.25, 0.3) is 21.2 Å². The van der Waals surface area contributed by atoms with Crippen molar-refractivity contribution in [1.29, 1.82) is 0 Å². The van der Waals surface area contributed by atoms with Crippen LogP contribution in [-0.2, 0) is 44.7 Å². The molecule has 54 heavy (non-hydrogen) atoms. The Balaban J connectivity index is 1.85. The van der Waals surface area contributed by atoms with Gasteiger partial charge in [0.15, 0.2) is 0 Å². The third kappa shape index (κ3) is 18.8. The van der Waals surface area contributed by atoms with Gasteiger partial charge in [0.05, 0.1) is 26.4 Å². The molecule has 2 aromatic carbocycles. The van der Waals surface area contributed by atoms with Gasteiger partial charge in [-0.25, -0.2) is 14.4 Å². The molecule has 0 aliphatic rings. The van der Waals surface area contributed by atoms with Gasteiger partial charge in [0.1, 0.15) is 23.7 Å². The monoisotopic (exact) mass is 756 g/mol. The number of benzene rings is 2. The van der Waals surface area contributed by atoms with Crippen LogP contribution in [0.2, 0.25) is 0 Å². The number of azide groups is 1. The lowest BCUT2D eigenvalue weighted by Crippen LogP contribution is -2.51. The van der Waals surface area contributed by atoms with Gasteiger partial charge >= 0.3 is 23.9 Å². The van der Waals surface area contributed by atoms with Gasteiger partial charge in [-0.3, -0.25) is 19.2 Å². The molecule has 3 amide bonds. The first-order valence-corrected chi connectivity index (χ1v) is 17.6. The van der Waals surface area contributed by atoms with Crippen molar-refractivity contribution >= 4 is 52.2 Å². The molecule has 0 heterocycles. The molecule has 294 valence electrons. The van der Waals surface area contributed by atoms with Crippen LogP contribution >= 0.6 is 0 Å². The molecule has 0 saturated carbocycles. The minimum Gasteiger partial charge on any atom is -0.481 e. The topological polar surface area (TPSA) is 283 Å². The molecule has 0 bridgehead atoms. The maximum atomic E-state index is 13.3. The van der Waals surface area contributed by atoms with E-state index < -0.39 is 48.4 Å². The molecule has 2 rings (SSSR count). The molecule has 0 aliphatic heterocycles. The van der Waals surface area contributed by atoms with Crippen LogP contribution in [-0.4, -0.2) is 108 Å². The number of carbonyl (C=O) groups excluding carboxylic acids is 4. The lowest BCUT2D eigenvalue weighted by molar-refractivity contribution is -0.141. The SMILES string of the molecule is [N-]=[N+]=NCC(=O)CCCOCCOCCC(=O)C[C@@H](Cc1ccc2ccccc2c1)C(=O)NCCCC[C@H](NC(=O)N[C@@H](CCC(=O)O)C(=O)O)C(=O)O. The van der Waals surface area contributed by atoms with E-state index >= 15 is 0 Å². The van der Waals surface area contributed by atoms with Crippen molar-refractivity contribution in [1.82, 2.24) is 16.0 Å². The number of carboxylic acids is 3. The Hall–Kier alpha value is -5.58. The number of hydrogen-bond acceptors (Lipinski definition) is 10. The van der Waals surface area contributed by atoms with Gasteiger partial charge in [0, 0.05) is 49.7 Å². The highest BCUT2D eigenvalue weighted by molar-refractivity contribution is 5.88. The van der Waals surface area contributed by atoms with Crippen LogP contribution in [0.15, 0.2) is 47.6 Å². The van der Waals surface area contributed by atoms with Crippen molar-refractivity contribution in [2.24, 2.45) is 11.0 Å². The first kappa shape index (κ1) is 44.6. The summed E-state index contributed by atoms with van der Waals surface area (Å²) in [6.45, 7) is 0.947. The molecule has 0 aliphatic carbocycles. The molecular formula is C36H48N6O12. The highest BCUT2D eigenvalue weighted by Gasteiger charge is 2.25. The van der Waals surface area contributed by atoms with E-state index in [1.165, 1.54) is 0 Å². The number of carbonyl (C=O) groups is 7. The number of nitrogens with one attached hydrogen (secondary N) is 3. The molecule has 0 aromatic heterocycles. The van der Waals surface area contributed by atoms with E-state index in [-0.39, 0.29) is 88.9 Å². The van der Waals surface area contributed by atoms with Crippen LogP contribution < -0.4 is 16.0 Å². The zero-order valence-electron chi connectivity index (χ0n) is 29.9. The van der Waals surface area contributed by atoms with Crippen LogP contribution in [0.3, 0.4) is 0 Å². The van der Waals surface area contributed by atoms with Crippen LogP contribution in [0, 0.1) is 5.92 Å². The average Bonchev–Trinajstić information content (AvgIpc) is 3.13. The normalized spacial score (nSPS) is 12.4. The summed E-state index contributed by atoms with van der Waals surface area (Å²) in [7, 11) is 0. The number of ether oxygens (including phenoxy) is 2. The molecular weight excluding hydrogens is 708 g/mol. The molecule has 0 unspecified atom stereocenters. The third-order valence-corrected chi connectivity index (χ3v) is 8.17. The number of fused-ring (bicyclic) bond motifs is 1. The van der Waals surface area contributed by atoms with Crippen molar-refractivity contribution in [3.8, 4) is 0 Å². The molecule has 2 aromatic rings. The summed E-state index contributed by atoms with van der Waals surface area (Å²) < 4.78 is 10.9. The van der Waals surface area contributed by atoms with E-state index in [9.17, 15) is 43.8 Å². The van der Waals surface area contributed by atoms with Gasteiger partial charge in [-0.05, 0) is 60.4 Å². The number of urea groups is 1. The minimum absolute atomic E-state index is 0.0337. The number of unbranched alkanes of at least 4 members (excludes halogenated alkanes) is 1. The minimum atomic E-state index is -1.52. The Morgan fingerprint density at radius 1 is 0.741 bits per heavy atom. The highest BCUT2D eigenvalue weighted by Crippen LogP contribution is 2.20. The average molecular weight is 757 g/mol. The maximum absolute atomic E-state index is 13.3. The van der Waals surface area contributed by atoms with Crippen molar-refractivity contribution < 1.29 is 58.4 Å². The van der Waals surface area contributed by atoms with Crippen LogP contribution in [0.4, 0.5) is 4.79 Å². The van der Waals surface area contributed by atoms with Gasteiger partial charge < -0.3 is 40.7 Å². The molecule has 3 atom stereocenters. The quantitative estimate of drug-likeness (QED) is 0.0301. The van der Waals surface area contributed by atoms with E-state index in [1.807, 2.05) is 42.5 Å². The summed E-state index contributed by atoms with van der Waals surface area (Å²) in [5, 5.41) is 39.9. The number of aliphatic carboxylic acids is 3. The smallest absolute Gasteiger partial charge is 0.326 e. The summed E-state index contributed by atoms with van der Waals surface area (Å²) >= 11 is 0.